The standard InChI is InChI=1S/C5H5O/c1-2-4-5(3-1)6-4/h4H,1-2H2. The summed E-state index contributed by atoms with van der Waals surface area (Å²) in [6, 6.07) is 0. The maximum Gasteiger partial charge on any atom is 0.156 e. The smallest absolute Gasteiger partial charge is 0.156 e. The lowest BCUT2D eigenvalue weighted by atomic mass is 10.4. The van der Waals surface area contributed by atoms with E-state index in [1.807, 2.05) is 0 Å². The van der Waals surface area contributed by atoms with Crippen molar-refractivity contribution in [2.75, 3.05) is 0 Å². The summed E-state index contributed by atoms with van der Waals surface area (Å²) in [6.45, 7) is 0. The SMILES string of the molecule is [C]1=C2OC2CC1. The molecule has 0 aromatic rings. The second kappa shape index (κ2) is 0.625. The zero-order valence-corrected chi connectivity index (χ0v) is 3.40. The summed E-state index contributed by atoms with van der Waals surface area (Å²) in [4.78, 5) is 0. The zero-order valence-electron chi connectivity index (χ0n) is 3.40. The van der Waals surface area contributed by atoms with Crippen LogP contribution in [-0.4, -0.2) is 6.10 Å². The minimum absolute atomic E-state index is 0.519. The Bertz CT molecular complexity index is 105. The minimum atomic E-state index is 0.519. The Morgan fingerprint density at radius 2 is 2.83 bits per heavy atom. The molecule has 2 aliphatic rings. The summed E-state index contributed by atoms with van der Waals surface area (Å²) in [6.07, 6.45) is 5.92. The van der Waals surface area contributed by atoms with Crippen molar-refractivity contribution in [1.29, 1.82) is 0 Å². The molecule has 0 amide bonds. The van der Waals surface area contributed by atoms with Gasteiger partial charge in [-0.15, -0.1) is 0 Å². The largest absolute Gasteiger partial charge is 0.483 e. The average Bonchev–Trinajstić information content (AvgIpc) is 2.17. The van der Waals surface area contributed by atoms with Gasteiger partial charge in [0.05, 0.1) is 0 Å². The van der Waals surface area contributed by atoms with Crippen LogP contribution in [0.2, 0.25) is 0 Å². The van der Waals surface area contributed by atoms with Crippen LogP contribution >= 0.6 is 0 Å². The molecule has 6 heavy (non-hydrogen) atoms. The van der Waals surface area contributed by atoms with Gasteiger partial charge in [0.25, 0.3) is 0 Å². The van der Waals surface area contributed by atoms with E-state index >= 15 is 0 Å². The molecule has 1 atom stereocenters. The maximum atomic E-state index is 4.96. The number of fused-ring (bicyclic) bond motifs is 1. The molecular formula is C5H5O. The van der Waals surface area contributed by atoms with Crippen LogP contribution < -0.4 is 0 Å². The molecule has 1 radical (unpaired) electrons. The van der Waals surface area contributed by atoms with Crippen LogP contribution in [0.5, 0.6) is 0 Å². The van der Waals surface area contributed by atoms with Crippen LogP contribution in [0.3, 0.4) is 0 Å². The van der Waals surface area contributed by atoms with Gasteiger partial charge in [0, 0.05) is 6.08 Å². The molecule has 31 valence electrons. The fraction of sp³-hybridized carbons (Fsp3) is 0.600. The molecule has 1 aliphatic carbocycles. The highest BCUT2D eigenvalue weighted by Gasteiger charge is 2.35. The Hall–Kier alpha value is -0.460. The van der Waals surface area contributed by atoms with E-state index in [1.165, 1.54) is 6.42 Å². The molecular weight excluding hydrogens is 76.1 g/mol. The van der Waals surface area contributed by atoms with Crippen LogP contribution in [0.4, 0.5) is 0 Å². The topological polar surface area (TPSA) is 12.5 Å². The number of hydrogen-bond acceptors (Lipinski definition) is 1. The summed E-state index contributed by atoms with van der Waals surface area (Å²) < 4.78 is 4.96. The highest BCUT2D eigenvalue weighted by molar-refractivity contribution is 5.14. The maximum absolute atomic E-state index is 4.96. The predicted molar refractivity (Wildman–Crippen MR) is 20.9 cm³/mol. The normalized spacial score (nSPS) is 37.3. The van der Waals surface area contributed by atoms with Crippen molar-refractivity contribution in [3.05, 3.63) is 11.8 Å². The molecule has 0 aromatic carbocycles. The van der Waals surface area contributed by atoms with Crippen molar-refractivity contribution in [2.24, 2.45) is 0 Å². The first-order valence-corrected chi connectivity index (χ1v) is 2.24. The molecule has 1 saturated heterocycles. The lowest BCUT2D eigenvalue weighted by molar-refractivity contribution is 0.401. The first kappa shape index (κ1) is 2.67. The second-order valence-electron chi connectivity index (χ2n) is 1.69. The van der Waals surface area contributed by atoms with Gasteiger partial charge in [-0.25, -0.2) is 0 Å². The lowest BCUT2D eigenvalue weighted by Crippen LogP contribution is -1.73. The van der Waals surface area contributed by atoms with Crippen LogP contribution in [0.15, 0.2) is 5.76 Å². The zero-order chi connectivity index (χ0) is 3.98. The van der Waals surface area contributed by atoms with Gasteiger partial charge in [-0.3, -0.25) is 0 Å². The number of ether oxygens (including phenoxy) is 1. The second-order valence-corrected chi connectivity index (χ2v) is 1.69. The molecule has 1 heterocycles. The van der Waals surface area contributed by atoms with Gasteiger partial charge < -0.3 is 4.74 Å². The van der Waals surface area contributed by atoms with Crippen LogP contribution in [-0.2, 0) is 4.74 Å². The van der Waals surface area contributed by atoms with Gasteiger partial charge >= 0.3 is 0 Å². The lowest BCUT2D eigenvalue weighted by Gasteiger charge is -1.76. The fourth-order valence-corrected chi connectivity index (χ4v) is 0.791. The van der Waals surface area contributed by atoms with E-state index in [9.17, 15) is 0 Å². The van der Waals surface area contributed by atoms with Crippen molar-refractivity contribution < 1.29 is 4.74 Å². The summed E-state index contributed by atoms with van der Waals surface area (Å²) in [5, 5.41) is 0. The van der Waals surface area contributed by atoms with E-state index in [4.69, 9.17) is 4.74 Å². The summed E-state index contributed by atoms with van der Waals surface area (Å²) in [7, 11) is 0. The predicted octanol–water partition coefficient (Wildman–Crippen LogP) is 0.866. The summed E-state index contributed by atoms with van der Waals surface area (Å²) in [5.74, 6) is 1.12. The monoisotopic (exact) mass is 81.0 g/mol. The first-order chi connectivity index (χ1) is 2.97. The Kier molecular flexibility index (Phi) is 0.278. The molecule has 0 saturated carbocycles. The van der Waals surface area contributed by atoms with Crippen molar-refractivity contribution >= 4 is 0 Å². The van der Waals surface area contributed by atoms with E-state index in [1.54, 1.807) is 0 Å². The average molecular weight is 81.1 g/mol. The highest BCUT2D eigenvalue weighted by atomic mass is 16.6. The van der Waals surface area contributed by atoms with Gasteiger partial charge in [-0.1, -0.05) is 0 Å². The van der Waals surface area contributed by atoms with Crippen molar-refractivity contribution in [1.82, 2.24) is 0 Å². The molecule has 2 rings (SSSR count). The summed E-state index contributed by atoms with van der Waals surface area (Å²) >= 11 is 0. The van der Waals surface area contributed by atoms with Crippen LogP contribution in [0, 0.1) is 6.08 Å². The number of rotatable bonds is 0. The van der Waals surface area contributed by atoms with E-state index in [0.29, 0.717) is 6.10 Å². The van der Waals surface area contributed by atoms with E-state index in [0.717, 1.165) is 12.2 Å². The fourth-order valence-electron chi connectivity index (χ4n) is 0.791. The van der Waals surface area contributed by atoms with Crippen molar-refractivity contribution in [3.8, 4) is 0 Å². The number of hydrogen-bond donors (Lipinski definition) is 0. The Morgan fingerprint density at radius 1 is 1.83 bits per heavy atom. The van der Waals surface area contributed by atoms with Crippen LogP contribution in [0.1, 0.15) is 12.8 Å². The quantitative estimate of drug-likeness (QED) is 0.394. The molecule has 1 aliphatic heterocycles. The van der Waals surface area contributed by atoms with E-state index < -0.39 is 0 Å². The number of allylic oxidation sites excluding steroid dienone is 1. The Labute approximate surface area is 36.6 Å². The van der Waals surface area contributed by atoms with Gasteiger partial charge in [0.1, 0.15) is 5.76 Å². The molecule has 1 heteroatoms. The third-order valence-corrected chi connectivity index (χ3v) is 1.21. The Balaban J connectivity index is 2.35. The summed E-state index contributed by atoms with van der Waals surface area (Å²) in [5.41, 5.74) is 0. The molecule has 1 unspecified atom stereocenters. The number of epoxide rings is 1. The van der Waals surface area contributed by atoms with Crippen molar-refractivity contribution in [3.63, 3.8) is 0 Å². The van der Waals surface area contributed by atoms with Crippen LogP contribution in [0.25, 0.3) is 0 Å². The molecule has 0 bridgehead atoms. The molecule has 0 aromatic heterocycles. The third kappa shape index (κ3) is 0.171. The molecule has 0 N–H and O–H groups in total. The van der Waals surface area contributed by atoms with Gasteiger partial charge in [-0.2, -0.15) is 0 Å². The van der Waals surface area contributed by atoms with Gasteiger partial charge in [0.15, 0.2) is 6.10 Å². The molecule has 1 fully saturated rings. The van der Waals surface area contributed by atoms with Crippen molar-refractivity contribution in [2.45, 2.75) is 18.9 Å². The molecule has 0 spiro atoms. The Morgan fingerprint density at radius 3 is 3.00 bits per heavy atom. The first-order valence-electron chi connectivity index (χ1n) is 2.24. The molecule has 1 nitrogen and oxygen atoms in total. The minimum Gasteiger partial charge on any atom is -0.483 e. The van der Waals surface area contributed by atoms with Gasteiger partial charge in [0.2, 0.25) is 0 Å². The van der Waals surface area contributed by atoms with E-state index in [2.05, 4.69) is 6.08 Å². The van der Waals surface area contributed by atoms with E-state index in [-0.39, 0.29) is 0 Å². The highest BCUT2D eigenvalue weighted by Crippen LogP contribution is 2.36. The van der Waals surface area contributed by atoms with Gasteiger partial charge in [-0.05, 0) is 12.8 Å². The third-order valence-electron chi connectivity index (χ3n) is 1.21.